The van der Waals surface area contributed by atoms with Crippen molar-refractivity contribution in [3.8, 4) is 0 Å². The van der Waals surface area contributed by atoms with Crippen LogP contribution in [0.15, 0.2) is 24.8 Å². The average Bonchev–Trinajstić information content (AvgIpc) is 2.41. The summed E-state index contributed by atoms with van der Waals surface area (Å²) in [7, 11) is 0. The lowest BCUT2D eigenvalue weighted by molar-refractivity contribution is 0.445. The van der Waals surface area contributed by atoms with Gasteiger partial charge in [-0.3, -0.25) is 0 Å². The van der Waals surface area contributed by atoms with E-state index < -0.39 is 11.6 Å². The van der Waals surface area contributed by atoms with Gasteiger partial charge in [0.25, 0.3) is 0 Å². The van der Waals surface area contributed by atoms with Crippen LogP contribution >= 0.6 is 0 Å². The SMILES string of the molecule is C=C(c1ccc(F)cc1F)C1CCNCC1.CC. The molecule has 1 aliphatic rings. The molecule has 0 saturated carbocycles. The minimum atomic E-state index is -0.542. The van der Waals surface area contributed by atoms with E-state index in [0.717, 1.165) is 37.6 Å². The summed E-state index contributed by atoms with van der Waals surface area (Å²) >= 11 is 0. The lowest BCUT2D eigenvalue weighted by atomic mass is 9.86. The molecular formula is C15H21F2N. The summed E-state index contributed by atoms with van der Waals surface area (Å²) in [5.41, 5.74) is 1.24. The first-order valence-corrected chi connectivity index (χ1v) is 6.53. The number of rotatable bonds is 2. The van der Waals surface area contributed by atoms with Gasteiger partial charge in [0, 0.05) is 11.6 Å². The highest BCUT2D eigenvalue weighted by molar-refractivity contribution is 5.65. The molecule has 1 N–H and O–H groups in total. The van der Waals surface area contributed by atoms with Crippen molar-refractivity contribution in [2.75, 3.05) is 13.1 Å². The molecule has 1 nitrogen and oxygen atoms in total. The molecule has 100 valence electrons. The molecule has 0 aliphatic carbocycles. The molecule has 1 aliphatic heterocycles. The van der Waals surface area contributed by atoms with Crippen molar-refractivity contribution in [1.82, 2.24) is 5.32 Å². The van der Waals surface area contributed by atoms with Crippen molar-refractivity contribution in [1.29, 1.82) is 0 Å². The average molecular weight is 253 g/mol. The van der Waals surface area contributed by atoms with E-state index in [-0.39, 0.29) is 0 Å². The summed E-state index contributed by atoms with van der Waals surface area (Å²) in [6.07, 6.45) is 1.94. The van der Waals surface area contributed by atoms with Crippen LogP contribution in [0.3, 0.4) is 0 Å². The van der Waals surface area contributed by atoms with Crippen LogP contribution in [0.1, 0.15) is 32.3 Å². The maximum absolute atomic E-state index is 13.5. The number of hydrogen-bond donors (Lipinski definition) is 1. The fraction of sp³-hybridized carbons (Fsp3) is 0.467. The first-order chi connectivity index (χ1) is 8.68. The van der Waals surface area contributed by atoms with Crippen LogP contribution in [-0.2, 0) is 0 Å². The third-order valence-corrected chi connectivity index (χ3v) is 3.11. The van der Waals surface area contributed by atoms with Crippen LogP contribution in [-0.4, -0.2) is 13.1 Å². The summed E-state index contributed by atoms with van der Waals surface area (Å²) in [6.45, 7) is 9.82. The summed E-state index contributed by atoms with van der Waals surface area (Å²) in [5.74, 6) is -0.746. The van der Waals surface area contributed by atoms with Gasteiger partial charge in [0.15, 0.2) is 0 Å². The second-order valence-electron chi connectivity index (χ2n) is 4.17. The molecule has 0 bridgehead atoms. The first kappa shape index (κ1) is 14.8. The minimum absolute atomic E-state index is 0.307. The molecule has 18 heavy (non-hydrogen) atoms. The van der Waals surface area contributed by atoms with Gasteiger partial charge in [-0.1, -0.05) is 20.4 Å². The van der Waals surface area contributed by atoms with Crippen LogP contribution in [0, 0.1) is 17.6 Å². The fourth-order valence-electron chi connectivity index (χ4n) is 2.14. The van der Waals surface area contributed by atoms with E-state index in [1.807, 2.05) is 13.8 Å². The van der Waals surface area contributed by atoms with Gasteiger partial charge in [0.1, 0.15) is 11.6 Å². The molecule has 1 aromatic rings. The Kier molecular flexibility index (Phi) is 5.99. The van der Waals surface area contributed by atoms with Crippen LogP contribution in [0.25, 0.3) is 5.57 Å². The van der Waals surface area contributed by atoms with Gasteiger partial charge in [-0.05, 0) is 49.6 Å². The Bertz CT molecular complexity index is 395. The molecule has 1 aromatic carbocycles. The molecule has 0 unspecified atom stereocenters. The Balaban J connectivity index is 0.000000771. The molecular weight excluding hydrogens is 232 g/mol. The Hall–Kier alpha value is -1.22. The van der Waals surface area contributed by atoms with Crippen LogP contribution in [0.4, 0.5) is 8.78 Å². The summed E-state index contributed by atoms with van der Waals surface area (Å²) in [6, 6.07) is 3.68. The molecule has 0 aromatic heterocycles. The van der Waals surface area contributed by atoms with Gasteiger partial charge in [-0.25, -0.2) is 8.78 Å². The Morgan fingerprint density at radius 1 is 1.22 bits per heavy atom. The number of allylic oxidation sites excluding steroid dienone is 1. The van der Waals surface area contributed by atoms with Gasteiger partial charge in [0.05, 0.1) is 0 Å². The Labute approximate surface area is 108 Å². The molecule has 0 atom stereocenters. The van der Waals surface area contributed by atoms with E-state index in [0.29, 0.717) is 11.5 Å². The summed E-state index contributed by atoms with van der Waals surface area (Å²) in [5, 5.41) is 3.25. The zero-order valence-corrected chi connectivity index (χ0v) is 11.1. The van der Waals surface area contributed by atoms with Gasteiger partial charge in [-0.2, -0.15) is 0 Å². The molecule has 1 saturated heterocycles. The fourth-order valence-corrected chi connectivity index (χ4v) is 2.14. The van der Waals surface area contributed by atoms with E-state index >= 15 is 0 Å². The highest BCUT2D eigenvalue weighted by Gasteiger charge is 2.19. The van der Waals surface area contributed by atoms with E-state index in [1.165, 1.54) is 12.1 Å². The third-order valence-electron chi connectivity index (χ3n) is 3.11. The standard InChI is InChI=1S/C13H15F2N.C2H6/c1-9(10-4-6-16-7-5-10)12-3-2-11(14)8-13(12)15;1-2/h2-3,8,10,16H,1,4-7H2;1-2H3. The smallest absolute Gasteiger partial charge is 0.133 e. The summed E-state index contributed by atoms with van der Waals surface area (Å²) in [4.78, 5) is 0. The normalized spacial score (nSPS) is 15.8. The highest BCUT2D eigenvalue weighted by atomic mass is 19.1. The van der Waals surface area contributed by atoms with Crippen molar-refractivity contribution >= 4 is 5.57 Å². The van der Waals surface area contributed by atoms with Crippen molar-refractivity contribution < 1.29 is 8.78 Å². The number of benzene rings is 1. The molecule has 0 radical (unpaired) electrons. The topological polar surface area (TPSA) is 12.0 Å². The van der Waals surface area contributed by atoms with Gasteiger partial charge < -0.3 is 5.32 Å². The van der Waals surface area contributed by atoms with Crippen LogP contribution in [0.5, 0.6) is 0 Å². The maximum atomic E-state index is 13.5. The van der Waals surface area contributed by atoms with Crippen molar-refractivity contribution in [3.63, 3.8) is 0 Å². The zero-order valence-electron chi connectivity index (χ0n) is 11.1. The predicted molar refractivity (Wildman–Crippen MR) is 72.3 cm³/mol. The molecule has 2 rings (SSSR count). The quantitative estimate of drug-likeness (QED) is 0.840. The predicted octanol–water partition coefficient (Wildman–Crippen LogP) is 4.00. The van der Waals surface area contributed by atoms with E-state index in [2.05, 4.69) is 11.9 Å². The second kappa shape index (κ2) is 7.27. The second-order valence-corrected chi connectivity index (χ2v) is 4.17. The number of piperidine rings is 1. The third kappa shape index (κ3) is 3.64. The van der Waals surface area contributed by atoms with Crippen LogP contribution < -0.4 is 5.32 Å². The van der Waals surface area contributed by atoms with Crippen molar-refractivity contribution in [2.24, 2.45) is 5.92 Å². The highest BCUT2D eigenvalue weighted by Crippen LogP contribution is 2.30. The summed E-state index contributed by atoms with van der Waals surface area (Å²) < 4.78 is 26.3. The molecule has 0 amide bonds. The lowest BCUT2D eigenvalue weighted by Crippen LogP contribution is -2.28. The van der Waals surface area contributed by atoms with Crippen LogP contribution in [0.2, 0.25) is 0 Å². The Morgan fingerprint density at radius 3 is 2.39 bits per heavy atom. The van der Waals surface area contributed by atoms with Crippen molar-refractivity contribution in [2.45, 2.75) is 26.7 Å². The minimum Gasteiger partial charge on any atom is -0.317 e. The monoisotopic (exact) mass is 253 g/mol. The van der Waals surface area contributed by atoms with Gasteiger partial charge in [-0.15, -0.1) is 0 Å². The number of nitrogens with one attached hydrogen (secondary N) is 1. The lowest BCUT2D eigenvalue weighted by Gasteiger charge is -2.25. The van der Waals surface area contributed by atoms with E-state index in [4.69, 9.17) is 0 Å². The number of halogens is 2. The van der Waals surface area contributed by atoms with Gasteiger partial charge >= 0.3 is 0 Å². The first-order valence-electron chi connectivity index (χ1n) is 6.53. The van der Waals surface area contributed by atoms with E-state index in [1.54, 1.807) is 0 Å². The van der Waals surface area contributed by atoms with Gasteiger partial charge in [0.2, 0.25) is 0 Å². The van der Waals surface area contributed by atoms with E-state index in [9.17, 15) is 8.78 Å². The molecule has 1 heterocycles. The zero-order chi connectivity index (χ0) is 13.5. The molecule has 3 heteroatoms. The Morgan fingerprint density at radius 2 is 1.83 bits per heavy atom. The molecule has 1 fully saturated rings. The van der Waals surface area contributed by atoms with Crippen molar-refractivity contribution in [3.05, 3.63) is 42.0 Å². The molecule has 0 spiro atoms. The largest absolute Gasteiger partial charge is 0.317 e. The number of hydrogen-bond acceptors (Lipinski definition) is 1. The maximum Gasteiger partial charge on any atom is 0.133 e.